The van der Waals surface area contributed by atoms with Gasteiger partial charge in [0, 0.05) is 0 Å². The second-order valence-corrected chi connectivity index (χ2v) is 3.76. The van der Waals surface area contributed by atoms with Crippen LogP contribution in [0.2, 0.25) is 0 Å². The topological polar surface area (TPSA) is 136 Å². The number of aryl methyl sites for hydroxylation is 1. The molecule has 0 saturated heterocycles. The van der Waals surface area contributed by atoms with E-state index >= 15 is 0 Å². The Kier molecular flexibility index (Phi) is 5.54. The number of hydrogen-bond donors (Lipinski definition) is 1. The van der Waals surface area contributed by atoms with Gasteiger partial charge in [-0.15, -0.1) is 0 Å². The highest BCUT2D eigenvalue weighted by molar-refractivity contribution is 5.99. The largest absolute Gasteiger partial charge is 0.447 e. The maximum atomic E-state index is 11.7. The normalized spacial score (nSPS) is 9.10. The zero-order valence-electron chi connectivity index (χ0n) is 11.0. The molecule has 106 valence electrons. The first-order valence-corrected chi connectivity index (χ1v) is 5.65. The van der Waals surface area contributed by atoms with E-state index in [4.69, 9.17) is 16.1 Å². The SMILES string of the molecule is Cc1cc(C(=O)OCC#N)c(N=N)cc1C(=O)OCC#N. The summed E-state index contributed by atoms with van der Waals surface area (Å²) in [6.07, 6.45) is 0. The number of nitrogens with zero attached hydrogens (tertiary/aromatic N) is 3. The van der Waals surface area contributed by atoms with Crippen LogP contribution in [0.5, 0.6) is 0 Å². The standard InChI is InChI=1S/C13H10N4O4/c1-8-6-10(13(19)21-5-3-15)11(17-16)7-9(8)12(18)20-4-2-14/h6-7,16H,4-5H2,1H3. The van der Waals surface area contributed by atoms with Gasteiger partial charge in [0.15, 0.2) is 13.2 Å². The molecule has 0 aliphatic carbocycles. The van der Waals surface area contributed by atoms with Gasteiger partial charge in [-0.1, -0.05) is 0 Å². The zero-order chi connectivity index (χ0) is 15.8. The van der Waals surface area contributed by atoms with Crippen LogP contribution >= 0.6 is 0 Å². The lowest BCUT2D eigenvalue weighted by atomic mass is 10.0. The monoisotopic (exact) mass is 286 g/mol. The summed E-state index contributed by atoms with van der Waals surface area (Å²) in [7, 11) is 0. The first kappa shape index (κ1) is 15.8. The van der Waals surface area contributed by atoms with Gasteiger partial charge in [-0.2, -0.15) is 15.6 Å². The zero-order valence-corrected chi connectivity index (χ0v) is 11.0. The Morgan fingerprint density at radius 3 is 2.14 bits per heavy atom. The molecule has 1 rings (SSSR count). The Hall–Kier alpha value is -3.26. The van der Waals surface area contributed by atoms with Crippen LogP contribution in [0.25, 0.3) is 0 Å². The van der Waals surface area contributed by atoms with E-state index in [1.54, 1.807) is 19.1 Å². The van der Waals surface area contributed by atoms with Crippen LogP contribution in [0.4, 0.5) is 5.69 Å². The highest BCUT2D eigenvalue weighted by Crippen LogP contribution is 2.25. The number of ether oxygens (including phenoxy) is 2. The molecule has 1 aromatic carbocycles. The highest BCUT2D eigenvalue weighted by atomic mass is 16.5. The summed E-state index contributed by atoms with van der Waals surface area (Å²) in [5.41, 5.74) is 7.41. The number of carbonyl (C=O) groups is 2. The summed E-state index contributed by atoms with van der Waals surface area (Å²) in [4.78, 5) is 23.4. The van der Waals surface area contributed by atoms with Crippen LogP contribution in [-0.4, -0.2) is 25.2 Å². The number of carbonyl (C=O) groups excluding carboxylic acids is 2. The Bertz CT molecular complexity index is 670. The third kappa shape index (κ3) is 3.85. The minimum Gasteiger partial charge on any atom is -0.447 e. The molecule has 0 aromatic heterocycles. The molecule has 0 aliphatic heterocycles. The molecule has 0 radical (unpaired) electrons. The first-order chi connectivity index (χ1) is 10.0. The molecular formula is C13H10N4O4. The maximum absolute atomic E-state index is 11.7. The minimum atomic E-state index is -0.817. The van der Waals surface area contributed by atoms with Crippen molar-refractivity contribution in [3.05, 3.63) is 28.8 Å². The summed E-state index contributed by atoms with van der Waals surface area (Å²) in [5, 5.41) is 19.9. The van der Waals surface area contributed by atoms with Crippen molar-refractivity contribution in [2.24, 2.45) is 5.11 Å². The van der Waals surface area contributed by atoms with Crippen molar-refractivity contribution in [1.29, 1.82) is 16.1 Å². The van der Waals surface area contributed by atoms with Crippen molar-refractivity contribution in [2.75, 3.05) is 13.2 Å². The second kappa shape index (κ2) is 7.36. The van der Waals surface area contributed by atoms with Crippen molar-refractivity contribution in [2.45, 2.75) is 6.92 Å². The van der Waals surface area contributed by atoms with Crippen LogP contribution in [-0.2, 0) is 9.47 Å². The van der Waals surface area contributed by atoms with Crippen LogP contribution in [0, 0.1) is 35.1 Å². The molecule has 0 spiro atoms. The molecule has 0 heterocycles. The molecule has 0 aliphatic rings. The summed E-state index contributed by atoms with van der Waals surface area (Å²) in [6.45, 7) is 0.719. The molecule has 0 amide bonds. The summed E-state index contributed by atoms with van der Waals surface area (Å²) >= 11 is 0. The molecule has 8 nitrogen and oxygen atoms in total. The average molecular weight is 286 g/mol. The van der Waals surface area contributed by atoms with Gasteiger partial charge in [0.05, 0.1) is 11.1 Å². The van der Waals surface area contributed by atoms with Gasteiger partial charge in [0.1, 0.15) is 17.8 Å². The Morgan fingerprint density at radius 1 is 1.14 bits per heavy atom. The van der Waals surface area contributed by atoms with Crippen LogP contribution in [0.3, 0.4) is 0 Å². The van der Waals surface area contributed by atoms with E-state index in [9.17, 15) is 9.59 Å². The number of hydrogen-bond acceptors (Lipinski definition) is 8. The molecule has 21 heavy (non-hydrogen) atoms. The summed E-state index contributed by atoms with van der Waals surface area (Å²) in [6, 6.07) is 5.82. The van der Waals surface area contributed by atoms with Gasteiger partial charge < -0.3 is 9.47 Å². The summed E-state index contributed by atoms with van der Waals surface area (Å²) < 4.78 is 9.30. The predicted octanol–water partition coefficient (Wildman–Crippen LogP) is 2.02. The quantitative estimate of drug-likeness (QED) is 0.649. The van der Waals surface area contributed by atoms with Gasteiger partial charge in [-0.25, -0.2) is 15.1 Å². The summed E-state index contributed by atoms with van der Waals surface area (Å²) in [5.74, 6) is -1.57. The van der Waals surface area contributed by atoms with E-state index in [1.807, 2.05) is 0 Å². The van der Waals surface area contributed by atoms with E-state index in [1.165, 1.54) is 12.1 Å². The third-order valence-electron chi connectivity index (χ3n) is 2.44. The first-order valence-electron chi connectivity index (χ1n) is 5.65. The van der Waals surface area contributed by atoms with Crippen molar-refractivity contribution < 1.29 is 19.1 Å². The fourth-order valence-electron chi connectivity index (χ4n) is 1.52. The van der Waals surface area contributed by atoms with Crippen molar-refractivity contribution in [3.8, 4) is 12.1 Å². The predicted molar refractivity (Wildman–Crippen MR) is 67.8 cm³/mol. The third-order valence-corrected chi connectivity index (χ3v) is 2.44. The fourth-order valence-corrected chi connectivity index (χ4v) is 1.52. The van der Waals surface area contributed by atoms with E-state index in [-0.39, 0.29) is 16.8 Å². The lowest BCUT2D eigenvalue weighted by Crippen LogP contribution is -2.10. The molecule has 8 heteroatoms. The molecular weight excluding hydrogens is 276 g/mol. The van der Waals surface area contributed by atoms with Gasteiger partial charge in [0.2, 0.25) is 0 Å². The molecule has 0 bridgehead atoms. The average Bonchev–Trinajstić information content (AvgIpc) is 2.49. The van der Waals surface area contributed by atoms with Gasteiger partial charge in [-0.05, 0) is 24.6 Å². The second-order valence-electron chi connectivity index (χ2n) is 3.76. The Morgan fingerprint density at radius 2 is 1.67 bits per heavy atom. The number of nitriles is 2. The number of rotatable bonds is 5. The number of nitrogens with one attached hydrogen (secondary N) is 1. The van der Waals surface area contributed by atoms with Crippen molar-refractivity contribution in [1.82, 2.24) is 0 Å². The Balaban J connectivity index is 3.17. The lowest BCUT2D eigenvalue weighted by Gasteiger charge is -2.09. The molecule has 1 N–H and O–H groups in total. The Labute approximate surface area is 120 Å². The van der Waals surface area contributed by atoms with E-state index < -0.39 is 25.2 Å². The number of benzene rings is 1. The van der Waals surface area contributed by atoms with Crippen LogP contribution < -0.4 is 0 Å². The lowest BCUT2D eigenvalue weighted by molar-refractivity contribution is 0.0540. The molecule has 0 unspecified atom stereocenters. The minimum absolute atomic E-state index is 0.0328. The van der Waals surface area contributed by atoms with Crippen molar-refractivity contribution in [3.63, 3.8) is 0 Å². The molecule has 0 fully saturated rings. The van der Waals surface area contributed by atoms with Crippen molar-refractivity contribution >= 4 is 17.6 Å². The molecule has 0 atom stereocenters. The maximum Gasteiger partial charge on any atom is 0.341 e. The van der Waals surface area contributed by atoms with E-state index in [2.05, 4.69) is 14.6 Å². The molecule has 0 saturated carbocycles. The van der Waals surface area contributed by atoms with Gasteiger partial charge in [-0.3, -0.25) is 0 Å². The van der Waals surface area contributed by atoms with Gasteiger partial charge >= 0.3 is 11.9 Å². The number of esters is 2. The highest BCUT2D eigenvalue weighted by Gasteiger charge is 2.19. The van der Waals surface area contributed by atoms with E-state index in [0.717, 1.165) is 0 Å². The van der Waals surface area contributed by atoms with Crippen LogP contribution in [0.1, 0.15) is 26.3 Å². The van der Waals surface area contributed by atoms with Crippen LogP contribution in [0.15, 0.2) is 17.2 Å². The smallest absolute Gasteiger partial charge is 0.341 e. The van der Waals surface area contributed by atoms with E-state index in [0.29, 0.717) is 5.56 Å². The fraction of sp³-hybridized carbons (Fsp3) is 0.231. The van der Waals surface area contributed by atoms with Gasteiger partial charge in [0.25, 0.3) is 0 Å². The molecule has 1 aromatic rings.